The average molecular weight is 517 g/mol. The van der Waals surface area contributed by atoms with Crippen molar-refractivity contribution >= 4 is 52.5 Å². The molecule has 0 aliphatic heterocycles. The van der Waals surface area contributed by atoms with Crippen molar-refractivity contribution in [2.24, 2.45) is 10.2 Å². The number of benzene rings is 3. The summed E-state index contributed by atoms with van der Waals surface area (Å²) in [5.41, 5.74) is 0.0303. The number of rotatable bonds is 8. The van der Waals surface area contributed by atoms with Crippen LogP contribution in [-0.2, 0) is 34.5 Å². The number of aromatic hydroxyl groups is 1. The van der Waals surface area contributed by atoms with Gasteiger partial charge in [0.05, 0.1) is 22.9 Å². The van der Waals surface area contributed by atoms with E-state index in [9.17, 15) is 34.9 Å². The summed E-state index contributed by atoms with van der Waals surface area (Å²) in [4.78, 5) is -0.604. The second-order valence-corrected chi connectivity index (χ2v) is 11.1. The van der Waals surface area contributed by atoms with Crippen molar-refractivity contribution in [3.63, 3.8) is 0 Å². The molecule has 0 saturated heterocycles. The molecule has 3 aromatic rings. The Morgan fingerprint density at radius 2 is 1.52 bits per heavy atom. The van der Waals surface area contributed by atoms with Crippen LogP contribution >= 0.6 is 0 Å². The zero-order valence-corrected chi connectivity index (χ0v) is 18.9. The highest BCUT2D eigenvalue weighted by molar-refractivity contribution is 7.91. The zero-order valence-electron chi connectivity index (χ0n) is 16.4. The SMILES string of the molecule is O=S(=O)(O)OCCS(=O)(=O)c1cccc(N=Nc2ccc3c(S(=O)(=O)O)cccc3c2O)c1. The van der Waals surface area contributed by atoms with E-state index in [1.54, 1.807) is 0 Å². The molecule has 0 heterocycles. The Labute approximate surface area is 188 Å². The minimum absolute atomic E-state index is 0.0511. The zero-order chi connectivity index (χ0) is 24.4. The largest absolute Gasteiger partial charge is 0.505 e. The number of phenolic OH excluding ortho intramolecular Hbond substituents is 1. The number of nitrogens with zero attached hydrogens (tertiary/aromatic N) is 2. The van der Waals surface area contributed by atoms with Gasteiger partial charge in [0.2, 0.25) is 0 Å². The number of sulfone groups is 1. The van der Waals surface area contributed by atoms with Crippen LogP contribution in [0.1, 0.15) is 0 Å². The van der Waals surface area contributed by atoms with Gasteiger partial charge in [-0.2, -0.15) is 21.9 Å². The molecule has 0 radical (unpaired) electrons. The van der Waals surface area contributed by atoms with Crippen LogP contribution in [0.3, 0.4) is 0 Å². The van der Waals surface area contributed by atoms with Gasteiger partial charge in [-0.25, -0.2) is 12.6 Å². The molecule has 0 saturated carbocycles. The van der Waals surface area contributed by atoms with E-state index in [1.165, 1.54) is 48.5 Å². The van der Waals surface area contributed by atoms with Gasteiger partial charge in [-0.05, 0) is 30.3 Å². The summed E-state index contributed by atoms with van der Waals surface area (Å²) in [5.74, 6) is -1.14. The van der Waals surface area contributed by atoms with Crippen LogP contribution < -0.4 is 0 Å². The molecule has 12 nitrogen and oxygen atoms in total. The Morgan fingerprint density at radius 3 is 2.18 bits per heavy atom. The molecule has 176 valence electrons. The highest BCUT2D eigenvalue weighted by atomic mass is 32.3. The van der Waals surface area contributed by atoms with Crippen LogP contribution in [0.4, 0.5) is 11.4 Å². The van der Waals surface area contributed by atoms with Crippen molar-refractivity contribution in [3.8, 4) is 5.75 Å². The van der Waals surface area contributed by atoms with E-state index in [4.69, 9.17) is 4.55 Å². The first-order valence-corrected chi connectivity index (χ1v) is 13.3. The van der Waals surface area contributed by atoms with Gasteiger partial charge in [0, 0.05) is 10.8 Å². The Bertz CT molecular complexity index is 1560. The molecule has 3 rings (SSSR count). The second kappa shape index (κ2) is 9.12. The van der Waals surface area contributed by atoms with E-state index in [-0.39, 0.29) is 27.0 Å². The number of fused-ring (bicyclic) bond motifs is 1. The standard InChI is InChI=1S/C18H16N2O10S3/c21-18-15-5-2-6-17(32(24,25)26)14(15)7-8-16(18)20-19-12-3-1-4-13(11-12)31(22,23)10-9-30-33(27,28)29/h1-8,11,21H,9-10H2,(H,24,25,26)(H,27,28,29). The van der Waals surface area contributed by atoms with Gasteiger partial charge in [0.1, 0.15) is 10.6 Å². The second-order valence-electron chi connectivity index (χ2n) is 6.53. The molecule has 0 aliphatic rings. The average Bonchev–Trinajstić information content (AvgIpc) is 2.71. The molecule has 0 aromatic heterocycles. The lowest BCUT2D eigenvalue weighted by Gasteiger charge is -2.07. The fourth-order valence-corrected chi connectivity index (χ4v) is 5.06. The minimum atomic E-state index is -4.78. The van der Waals surface area contributed by atoms with Gasteiger partial charge < -0.3 is 5.11 Å². The van der Waals surface area contributed by atoms with E-state index >= 15 is 0 Å². The van der Waals surface area contributed by atoms with Crippen LogP contribution in [0.2, 0.25) is 0 Å². The first kappa shape index (κ1) is 24.7. The number of azo groups is 1. The van der Waals surface area contributed by atoms with Crippen LogP contribution in [0.25, 0.3) is 10.8 Å². The monoisotopic (exact) mass is 516 g/mol. The predicted octanol–water partition coefficient (Wildman–Crippen LogP) is 2.80. The van der Waals surface area contributed by atoms with Crippen LogP contribution in [-0.4, -0.2) is 51.8 Å². The summed E-state index contributed by atoms with van der Waals surface area (Å²) in [6, 6.07) is 11.7. The molecule has 0 aliphatic carbocycles. The summed E-state index contributed by atoms with van der Waals surface area (Å²) in [5, 5.41) is 18.4. The van der Waals surface area contributed by atoms with Crippen molar-refractivity contribution < 1.29 is 43.6 Å². The smallest absolute Gasteiger partial charge is 0.397 e. The van der Waals surface area contributed by atoms with Crippen molar-refractivity contribution in [2.75, 3.05) is 12.4 Å². The van der Waals surface area contributed by atoms with Crippen molar-refractivity contribution in [2.45, 2.75) is 9.79 Å². The van der Waals surface area contributed by atoms with E-state index in [2.05, 4.69) is 14.4 Å². The summed E-state index contributed by atoms with van der Waals surface area (Å²) in [7, 11) is -13.3. The highest BCUT2D eigenvalue weighted by Crippen LogP contribution is 2.38. The van der Waals surface area contributed by atoms with E-state index in [0.29, 0.717) is 0 Å². The summed E-state index contributed by atoms with van der Waals surface area (Å²) in [6.07, 6.45) is 0. The van der Waals surface area contributed by atoms with Crippen molar-refractivity contribution in [1.29, 1.82) is 0 Å². The van der Waals surface area contributed by atoms with Gasteiger partial charge in [-0.3, -0.25) is 9.11 Å². The molecular formula is C18H16N2O10S3. The molecule has 33 heavy (non-hydrogen) atoms. The van der Waals surface area contributed by atoms with Crippen LogP contribution in [0.5, 0.6) is 5.75 Å². The Balaban J connectivity index is 1.89. The third kappa shape index (κ3) is 6.10. The summed E-state index contributed by atoms with van der Waals surface area (Å²) >= 11 is 0. The molecule has 0 amide bonds. The third-order valence-electron chi connectivity index (χ3n) is 4.28. The summed E-state index contributed by atoms with van der Waals surface area (Å²) < 4.78 is 90.6. The fraction of sp³-hybridized carbons (Fsp3) is 0.111. The lowest BCUT2D eigenvalue weighted by atomic mass is 10.1. The fourth-order valence-electron chi connectivity index (χ4n) is 2.82. The quantitative estimate of drug-likeness (QED) is 0.295. The molecule has 15 heteroatoms. The topological polar surface area (TPSA) is 197 Å². The molecule has 3 N–H and O–H groups in total. The molecule has 0 bridgehead atoms. The number of hydrogen-bond acceptors (Lipinski definition) is 10. The minimum Gasteiger partial charge on any atom is -0.505 e. The number of phenols is 1. The van der Waals surface area contributed by atoms with E-state index in [1.807, 2.05) is 0 Å². The van der Waals surface area contributed by atoms with Crippen LogP contribution in [0, 0.1) is 0 Å². The number of hydrogen-bond donors (Lipinski definition) is 3. The molecular weight excluding hydrogens is 500 g/mol. The maximum atomic E-state index is 12.3. The Kier molecular flexibility index (Phi) is 6.83. The Hall–Kier alpha value is -2.95. The maximum Gasteiger partial charge on any atom is 0.397 e. The predicted molar refractivity (Wildman–Crippen MR) is 116 cm³/mol. The molecule has 3 aromatic carbocycles. The maximum absolute atomic E-state index is 12.3. The van der Waals surface area contributed by atoms with Gasteiger partial charge >= 0.3 is 10.4 Å². The first-order valence-electron chi connectivity index (χ1n) is 8.86. The Morgan fingerprint density at radius 1 is 0.818 bits per heavy atom. The lowest BCUT2D eigenvalue weighted by Crippen LogP contribution is -2.15. The van der Waals surface area contributed by atoms with Gasteiger partial charge in [-0.1, -0.05) is 24.3 Å². The van der Waals surface area contributed by atoms with Gasteiger partial charge in [0.15, 0.2) is 15.6 Å². The van der Waals surface area contributed by atoms with Crippen molar-refractivity contribution in [3.05, 3.63) is 54.6 Å². The van der Waals surface area contributed by atoms with Crippen LogP contribution in [0.15, 0.2) is 74.6 Å². The van der Waals surface area contributed by atoms with Gasteiger partial charge in [-0.15, -0.1) is 5.11 Å². The highest BCUT2D eigenvalue weighted by Gasteiger charge is 2.18. The molecule has 0 atom stereocenters. The van der Waals surface area contributed by atoms with E-state index < -0.39 is 53.4 Å². The molecule has 0 fully saturated rings. The normalized spacial score (nSPS) is 13.0. The molecule has 0 spiro atoms. The first-order chi connectivity index (χ1) is 15.3. The van der Waals surface area contributed by atoms with Crippen molar-refractivity contribution in [1.82, 2.24) is 0 Å². The van der Waals surface area contributed by atoms with Gasteiger partial charge in [0.25, 0.3) is 10.1 Å². The summed E-state index contributed by atoms with van der Waals surface area (Å²) in [6.45, 7) is -0.788. The third-order valence-corrected chi connectivity index (χ3v) is 7.34. The molecule has 0 unspecified atom stereocenters. The van der Waals surface area contributed by atoms with E-state index in [0.717, 1.165) is 6.07 Å². The lowest BCUT2D eigenvalue weighted by molar-refractivity contribution is 0.284.